The summed E-state index contributed by atoms with van der Waals surface area (Å²) in [6.07, 6.45) is 6.77. The quantitative estimate of drug-likeness (QED) is 0.397. The first-order chi connectivity index (χ1) is 13.7. The second kappa shape index (κ2) is 8.42. The Bertz CT molecular complexity index is 949. The summed E-state index contributed by atoms with van der Waals surface area (Å²) in [5, 5.41) is 6.67. The summed E-state index contributed by atoms with van der Waals surface area (Å²) in [6, 6.07) is 17.8. The molecule has 1 N–H and O–H groups in total. The van der Waals surface area contributed by atoms with Crippen molar-refractivity contribution in [3.63, 3.8) is 0 Å². The summed E-state index contributed by atoms with van der Waals surface area (Å²) < 4.78 is 5.43. The van der Waals surface area contributed by atoms with Crippen molar-refractivity contribution in [3.8, 4) is 0 Å². The number of benzene rings is 3. The molecule has 0 aromatic heterocycles. The van der Waals surface area contributed by atoms with Gasteiger partial charge in [0.15, 0.2) is 6.61 Å². The Kier molecular flexibility index (Phi) is 5.56. The Labute approximate surface area is 164 Å². The fraction of sp³-hybridized carbons (Fsp3) is 0.333. The summed E-state index contributed by atoms with van der Waals surface area (Å²) in [7, 11) is 0. The molecule has 3 aromatic rings. The summed E-state index contributed by atoms with van der Waals surface area (Å²) in [6.45, 7) is -0.243. The zero-order chi connectivity index (χ0) is 19.3. The van der Waals surface area contributed by atoms with Crippen LogP contribution in [0.5, 0.6) is 0 Å². The SMILES string of the molecule is O=C(COC(=O)c1c2ccccc2cc2ccccc12)NC1CCCCCC1. The molecule has 4 heteroatoms. The van der Waals surface area contributed by atoms with Gasteiger partial charge in [-0.05, 0) is 40.5 Å². The van der Waals surface area contributed by atoms with E-state index in [0.717, 1.165) is 47.2 Å². The van der Waals surface area contributed by atoms with Gasteiger partial charge in [0, 0.05) is 6.04 Å². The van der Waals surface area contributed by atoms with Gasteiger partial charge in [0.1, 0.15) is 0 Å². The number of nitrogens with one attached hydrogen (secondary N) is 1. The van der Waals surface area contributed by atoms with E-state index in [4.69, 9.17) is 4.74 Å². The number of fused-ring (bicyclic) bond motifs is 2. The molecule has 0 unspecified atom stereocenters. The lowest BCUT2D eigenvalue weighted by Crippen LogP contribution is -2.37. The molecular weight excluding hydrogens is 350 g/mol. The first-order valence-electron chi connectivity index (χ1n) is 10.1. The molecular formula is C24H25NO3. The smallest absolute Gasteiger partial charge is 0.339 e. The van der Waals surface area contributed by atoms with Crippen molar-refractivity contribution in [1.29, 1.82) is 0 Å². The molecule has 0 aliphatic heterocycles. The van der Waals surface area contributed by atoms with Crippen LogP contribution in [0.25, 0.3) is 21.5 Å². The maximum atomic E-state index is 12.9. The van der Waals surface area contributed by atoms with Gasteiger partial charge >= 0.3 is 5.97 Å². The number of carbonyl (C=O) groups excluding carboxylic acids is 2. The van der Waals surface area contributed by atoms with Crippen LogP contribution in [0, 0.1) is 0 Å². The highest BCUT2D eigenvalue weighted by Gasteiger charge is 2.19. The van der Waals surface area contributed by atoms with Crippen LogP contribution in [-0.4, -0.2) is 24.5 Å². The van der Waals surface area contributed by atoms with Gasteiger partial charge in [-0.2, -0.15) is 0 Å². The van der Waals surface area contributed by atoms with Crippen molar-refractivity contribution in [2.24, 2.45) is 0 Å². The van der Waals surface area contributed by atoms with E-state index in [1.54, 1.807) is 0 Å². The summed E-state index contributed by atoms with van der Waals surface area (Å²) in [5.41, 5.74) is 0.524. The maximum absolute atomic E-state index is 12.9. The van der Waals surface area contributed by atoms with E-state index in [2.05, 4.69) is 11.4 Å². The van der Waals surface area contributed by atoms with Crippen molar-refractivity contribution in [1.82, 2.24) is 5.32 Å². The lowest BCUT2D eigenvalue weighted by atomic mass is 9.97. The van der Waals surface area contributed by atoms with Gasteiger partial charge in [-0.1, -0.05) is 74.2 Å². The molecule has 28 heavy (non-hydrogen) atoms. The van der Waals surface area contributed by atoms with E-state index in [-0.39, 0.29) is 18.6 Å². The molecule has 0 heterocycles. The largest absolute Gasteiger partial charge is 0.452 e. The molecule has 1 saturated carbocycles. The van der Waals surface area contributed by atoms with Gasteiger partial charge in [0.25, 0.3) is 5.91 Å². The third-order valence-electron chi connectivity index (χ3n) is 5.53. The third kappa shape index (κ3) is 4.01. The van der Waals surface area contributed by atoms with E-state index in [1.807, 2.05) is 48.5 Å². The summed E-state index contributed by atoms with van der Waals surface area (Å²) in [5.74, 6) is -0.672. The predicted molar refractivity (Wildman–Crippen MR) is 111 cm³/mol. The van der Waals surface area contributed by atoms with Crippen LogP contribution in [0.2, 0.25) is 0 Å². The minimum Gasteiger partial charge on any atom is -0.452 e. The normalized spacial score (nSPS) is 15.3. The van der Waals surface area contributed by atoms with E-state index in [0.29, 0.717) is 5.56 Å². The molecule has 0 radical (unpaired) electrons. The number of hydrogen-bond acceptors (Lipinski definition) is 3. The highest BCUT2D eigenvalue weighted by molar-refractivity contribution is 6.16. The Hall–Kier alpha value is -2.88. The van der Waals surface area contributed by atoms with Gasteiger partial charge < -0.3 is 10.1 Å². The maximum Gasteiger partial charge on any atom is 0.339 e. The lowest BCUT2D eigenvalue weighted by molar-refractivity contribution is -0.125. The van der Waals surface area contributed by atoms with Gasteiger partial charge in [-0.15, -0.1) is 0 Å². The average Bonchev–Trinajstić information content (AvgIpc) is 2.99. The Morgan fingerprint density at radius 2 is 1.43 bits per heavy atom. The fourth-order valence-corrected chi connectivity index (χ4v) is 4.13. The average molecular weight is 375 g/mol. The van der Waals surface area contributed by atoms with E-state index in [9.17, 15) is 9.59 Å². The third-order valence-corrected chi connectivity index (χ3v) is 5.53. The van der Waals surface area contributed by atoms with Crippen LogP contribution >= 0.6 is 0 Å². The molecule has 0 bridgehead atoms. The molecule has 4 nitrogen and oxygen atoms in total. The highest BCUT2D eigenvalue weighted by Crippen LogP contribution is 2.29. The van der Waals surface area contributed by atoms with Crippen LogP contribution in [0.4, 0.5) is 0 Å². The molecule has 0 atom stereocenters. The van der Waals surface area contributed by atoms with E-state index in [1.165, 1.54) is 12.8 Å². The topological polar surface area (TPSA) is 55.4 Å². The Morgan fingerprint density at radius 3 is 2.04 bits per heavy atom. The zero-order valence-electron chi connectivity index (χ0n) is 15.9. The molecule has 144 valence electrons. The van der Waals surface area contributed by atoms with Gasteiger partial charge in [-0.25, -0.2) is 4.79 Å². The predicted octanol–water partition coefficient (Wildman–Crippen LogP) is 4.99. The molecule has 4 rings (SSSR count). The van der Waals surface area contributed by atoms with Crippen LogP contribution in [0.3, 0.4) is 0 Å². The van der Waals surface area contributed by atoms with Gasteiger partial charge in [0.2, 0.25) is 0 Å². The fourth-order valence-electron chi connectivity index (χ4n) is 4.13. The van der Waals surface area contributed by atoms with Crippen molar-refractivity contribution >= 4 is 33.4 Å². The number of carbonyl (C=O) groups is 2. The van der Waals surface area contributed by atoms with E-state index >= 15 is 0 Å². The molecule has 1 fully saturated rings. The standard InChI is InChI=1S/C24H25NO3/c26-22(25-19-11-3-1-2-4-12-19)16-28-24(27)23-20-13-7-5-9-17(20)15-18-10-6-8-14-21(18)23/h5-10,13-15,19H,1-4,11-12,16H2,(H,25,26). The minimum atomic E-state index is -0.455. The number of esters is 1. The second-order valence-corrected chi connectivity index (χ2v) is 7.53. The van der Waals surface area contributed by atoms with Gasteiger partial charge in [0.05, 0.1) is 5.56 Å². The van der Waals surface area contributed by atoms with Crippen LogP contribution in [0.15, 0.2) is 54.6 Å². The van der Waals surface area contributed by atoms with Crippen molar-refractivity contribution < 1.29 is 14.3 Å². The molecule has 3 aromatic carbocycles. The monoisotopic (exact) mass is 375 g/mol. The molecule has 1 aliphatic rings. The number of ether oxygens (including phenoxy) is 1. The minimum absolute atomic E-state index is 0.201. The van der Waals surface area contributed by atoms with Crippen LogP contribution in [-0.2, 0) is 9.53 Å². The van der Waals surface area contributed by atoms with Crippen molar-refractivity contribution in [3.05, 3.63) is 60.2 Å². The number of amides is 1. The number of rotatable bonds is 4. The molecule has 0 spiro atoms. The lowest BCUT2D eigenvalue weighted by Gasteiger charge is -2.16. The molecule has 1 aliphatic carbocycles. The van der Waals surface area contributed by atoms with Crippen LogP contribution in [0.1, 0.15) is 48.9 Å². The molecule has 0 saturated heterocycles. The Balaban J connectivity index is 1.52. The summed E-state index contributed by atoms with van der Waals surface area (Å²) in [4.78, 5) is 25.2. The summed E-state index contributed by atoms with van der Waals surface area (Å²) >= 11 is 0. The highest BCUT2D eigenvalue weighted by atomic mass is 16.5. The van der Waals surface area contributed by atoms with Crippen molar-refractivity contribution in [2.75, 3.05) is 6.61 Å². The van der Waals surface area contributed by atoms with E-state index < -0.39 is 5.97 Å². The van der Waals surface area contributed by atoms with Crippen molar-refractivity contribution in [2.45, 2.75) is 44.6 Å². The first kappa shape index (κ1) is 18.5. The van der Waals surface area contributed by atoms with Crippen LogP contribution < -0.4 is 5.32 Å². The first-order valence-corrected chi connectivity index (χ1v) is 10.1. The molecule has 1 amide bonds. The zero-order valence-corrected chi connectivity index (χ0v) is 15.9. The Morgan fingerprint density at radius 1 is 0.857 bits per heavy atom. The number of hydrogen-bond donors (Lipinski definition) is 1. The second-order valence-electron chi connectivity index (χ2n) is 7.53. The van der Waals surface area contributed by atoms with Gasteiger partial charge in [-0.3, -0.25) is 4.79 Å².